The van der Waals surface area contributed by atoms with Crippen LogP contribution in [0.1, 0.15) is 256 Å². The first-order chi connectivity index (χ1) is 24.6. The van der Waals surface area contributed by atoms with Crippen molar-refractivity contribution in [2.24, 2.45) is 0 Å². The van der Waals surface area contributed by atoms with Crippen molar-refractivity contribution in [2.45, 2.75) is 262 Å². The van der Waals surface area contributed by atoms with Crippen molar-refractivity contribution in [3.05, 3.63) is 29.8 Å². The van der Waals surface area contributed by atoms with Crippen LogP contribution in [0.4, 0.5) is 0 Å². The van der Waals surface area contributed by atoms with Gasteiger partial charge in [0.15, 0.2) is 0 Å². The smallest absolute Gasteiger partial charge is 0.744 e. The van der Waals surface area contributed by atoms with Crippen LogP contribution in [0.2, 0.25) is 0 Å². The number of unbranched alkanes of at least 4 members (excludes halogenated alkanes) is 37. The first-order valence-electron chi connectivity index (χ1n) is 22.6. The summed E-state index contributed by atoms with van der Waals surface area (Å²) < 4.78 is 34.2. The number of hydrogen-bond acceptors (Lipinski definition) is 3. The molecule has 0 radical (unpaired) electrons. The summed E-state index contributed by atoms with van der Waals surface area (Å²) in [6.45, 7) is 2.30. The normalized spacial score (nSPS) is 11.6. The second-order valence-corrected chi connectivity index (χ2v) is 17.2. The van der Waals surface area contributed by atoms with Crippen LogP contribution in [0, 0.1) is 0 Å². The molecular weight excluding hydrogens is 672 g/mol. The van der Waals surface area contributed by atoms with Gasteiger partial charge in [-0.05, 0) is 24.5 Å². The molecular formula is C46H85KO3S. The zero-order chi connectivity index (χ0) is 36.1. The molecule has 0 amide bonds. The molecule has 0 aliphatic carbocycles. The predicted molar refractivity (Wildman–Crippen MR) is 219 cm³/mol. The Balaban J connectivity index is 0.0000250. The average molecular weight is 757 g/mol. The van der Waals surface area contributed by atoms with Gasteiger partial charge in [0, 0.05) is 0 Å². The molecule has 0 saturated heterocycles. The van der Waals surface area contributed by atoms with Crippen LogP contribution in [0.3, 0.4) is 0 Å². The molecule has 51 heavy (non-hydrogen) atoms. The van der Waals surface area contributed by atoms with E-state index in [4.69, 9.17) is 0 Å². The Morgan fingerprint density at radius 1 is 0.373 bits per heavy atom. The number of benzene rings is 1. The van der Waals surface area contributed by atoms with Crippen molar-refractivity contribution in [1.82, 2.24) is 0 Å². The molecule has 0 aliphatic heterocycles. The van der Waals surface area contributed by atoms with Crippen LogP contribution in [0.5, 0.6) is 0 Å². The molecule has 5 heteroatoms. The summed E-state index contributed by atoms with van der Waals surface area (Å²) in [5.41, 5.74) is 0.675. The quantitative estimate of drug-likeness (QED) is 0.0381. The maximum Gasteiger partial charge on any atom is 1.00 e. The van der Waals surface area contributed by atoms with Gasteiger partial charge in [-0.3, -0.25) is 0 Å². The molecule has 0 saturated carbocycles. The predicted octanol–water partition coefficient (Wildman–Crippen LogP) is 13.0. The number of hydrogen-bond donors (Lipinski definition) is 0. The maximum absolute atomic E-state index is 11.4. The molecule has 0 fully saturated rings. The van der Waals surface area contributed by atoms with Gasteiger partial charge < -0.3 is 4.55 Å². The SMILES string of the molecule is CCCCCCCCCCCCCCCCCCCCCCCCCCCCCCCCCCCCCCCCc1ccccc1S(=O)(=O)[O-].[K+]. The summed E-state index contributed by atoms with van der Waals surface area (Å²) in [6, 6.07) is 6.65. The van der Waals surface area contributed by atoms with Gasteiger partial charge in [-0.1, -0.05) is 263 Å². The first-order valence-corrected chi connectivity index (χ1v) is 24.0. The minimum atomic E-state index is -4.37. The zero-order valence-electron chi connectivity index (χ0n) is 34.5. The zero-order valence-corrected chi connectivity index (χ0v) is 38.5. The van der Waals surface area contributed by atoms with Gasteiger partial charge in [-0.2, -0.15) is 0 Å². The van der Waals surface area contributed by atoms with E-state index in [2.05, 4.69) is 6.92 Å². The topological polar surface area (TPSA) is 57.2 Å². The minimum Gasteiger partial charge on any atom is -0.744 e. The summed E-state index contributed by atoms with van der Waals surface area (Å²) in [5.74, 6) is 0. The van der Waals surface area contributed by atoms with Crippen molar-refractivity contribution in [2.75, 3.05) is 0 Å². The number of rotatable bonds is 40. The van der Waals surface area contributed by atoms with Crippen LogP contribution in [0.25, 0.3) is 0 Å². The Morgan fingerprint density at radius 2 is 0.588 bits per heavy atom. The second-order valence-electron chi connectivity index (χ2n) is 15.9. The van der Waals surface area contributed by atoms with Gasteiger partial charge in [0.2, 0.25) is 0 Å². The number of aryl methyl sites for hydroxylation is 1. The van der Waals surface area contributed by atoms with Gasteiger partial charge in [-0.15, -0.1) is 0 Å². The first kappa shape index (κ1) is 51.8. The van der Waals surface area contributed by atoms with Gasteiger partial charge >= 0.3 is 51.4 Å². The van der Waals surface area contributed by atoms with Crippen LogP contribution in [-0.2, 0) is 16.5 Å². The average Bonchev–Trinajstić information content (AvgIpc) is 3.11. The molecule has 0 atom stereocenters. The molecule has 0 aliphatic rings. The summed E-state index contributed by atoms with van der Waals surface area (Å²) >= 11 is 0. The summed E-state index contributed by atoms with van der Waals surface area (Å²) in [6.07, 6.45) is 54.4. The molecule has 1 aromatic rings. The minimum absolute atomic E-state index is 0. The van der Waals surface area contributed by atoms with E-state index in [1.807, 2.05) is 6.07 Å². The van der Waals surface area contributed by atoms with Gasteiger partial charge in [0.25, 0.3) is 0 Å². The van der Waals surface area contributed by atoms with E-state index in [0.29, 0.717) is 12.0 Å². The second kappa shape index (κ2) is 40.4. The van der Waals surface area contributed by atoms with Crippen molar-refractivity contribution in [1.29, 1.82) is 0 Å². The summed E-state index contributed by atoms with van der Waals surface area (Å²) in [7, 11) is -4.37. The monoisotopic (exact) mass is 757 g/mol. The van der Waals surface area contributed by atoms with E-state index in [1.54, 1.807) is 12.1 Å². The molecule has 0 spiro atoms. The van der Waals surface area contributed by atoms with Crippen LogP contribution in [-0.4, -0.2) is 13.0 Å². The Labute approximate surface area is 363 Å². The fraction of sp³-hybridized carbons (Fsp3) is 0.870. The third kappa shape index (κ3) is 36.2. The van der Waals surface area contributed by atoms with Crippen molar-refractivity contribution < 1.29 is 64.4 Å². The van der Waals surface area contributed by atoms with E-state index < -0.39 is 10.1 Å². The van der Waals surface area contributed by atoms with E-state index in [0.717, 1.165) is 12.8 Å². The molecule has 3 nitrogen and oxygen atoms in total. The third-order valence-corrected chi connectivity index (χ3v) is 12.0. The molecule has 0 bridgehead atoms. The van der Waals surface area contributed by atoms with E-state index in [9.17, 15) is 13.0 Å². The largest absolute Gasteiger partial charge is 1.00 e. The third-order valence-electron chi connectivity index (χ3n) is 11.0. The van der Waals surface area contributed by atoms with Crippen LogP contribution in [0.15, 0.2) is 29.2 Å². The molecule has 1 rings (SSSR count). The van der Waals surface area contributed by atoms with Crippen molar-refractivity contribution in [3.63, 3.8) is 0 Å². The Bertz CT molecular complexity index is 934. The fourth-order valence-electron chi connectivity index (χ4n) is 7.71. The fourth-order valence-corrected chi connectivity index (χ4v) is 8.44. The molecule has 0 aromatic heterocycles. The summed E-state index contributed by atoms with van der Waals surface area (Å²) in [5, 5.41) is 0. The standard InChI is InChI=1S/C46H86O3S.K/c1-2-3-4-5-6-7-8-9-10-11-12-13-14-15-16-17-18-19-20-21-22-23-24-25-26-27-28-29-30-31-32-33-34-35-36-37-38-39-42-45-43-40-41-44-46(45)50(47,48)49;/h40-41,43-44H,2-39,42H2,1H3,(H,47,48,49);/q;+1/p-1. The summed E-state index contributed by atoms with van der Waals surface area (Å²) in [4.78, 5) is -0.0402. The van der Waals surface area contributed by atoms with Crippen LogP contribution < -0.4 is 51.4 Å². The Kier molecular flexibility index (Phi) is 41.0. The molecule has 0 N–H and O–H groups in total. The maximum atomic E-state index is 11.4. The molecule has 0 heterocycles. The molecule has 1 aromatic carbocycles. The van der Waals surface area contributed by atoms with E-state index in [1.165, 1.54) is 237 Å². The van der Waals surface area contributed by atoms with E-state index in [-0.39, 0.29) is 56.3 Å². The van der Waals surface area contributed by atoms with Crippen molar-refractivity contribution >= 4 is 10.1 Å². The molecule has 0 unspecified atom stereocenters. The molecule has 294 valence electrons. The Morgan fingerprint density at radius 3 is 0.824 bits per heavy atom. The van der Waals surface area contributed by atoms with Crippen LogP contribution >= 0.6 is 0 Å². The van der Waals surface area contributed by atoms with Crippen molar-refractivity contribution in [3.8, 4) is 0 Å². The van der Waals surface area contributed by atoms with Gasteiger partial charge in [-0.25, -0.2) is 8.42 Å². The van der Waals surface area contributed by atoms with Gasteiger partial charge in [0.1, 0.15) is 10.1 Å². The van der Waals surface area contributed by atoms with E-state index >= 15 is 0 Å². The van der Waals surface area contributed by atoms with Gasteiger partial charge in [0.05, 0.1) is 4.90 Å². The Hall–Kier alpha value is 0.766.